The second-order valence-electron chi connectivity index (χ2n) is 13.5. The molecule has 0 bridgehead atoms. The molecule has 4 rings (SSSR count). The van der Waals surface area contributed by atoms with Crippen molar-refractivity contribution >= 4 is 16.1 Å². The highest BCUT2D eigenvalue weighted by Gasteiger charge is 2.67. The van der Waals surface area contributed by atoms with Crippen LogP contribution >= 0.6 is 0 Å². The minimum Gasteiger partial charge on any atom is -0.445 e. The summed E-state index contributed by atoms with van der Waals surface area (Å²) >= 11 is 0. The fourth-order valence-electron chi connectivity index (χ4n) is 9.33. The normalized spacial score (nSPS) is 42.9. The van der Waals surface area contributed by atoms with Gasteiger partial charge in [-0.15, -0.1) is 0 Å². The Bertz CT molecular complexity index is 1100. The van der Waals surface area contributed by atoms with E-state index in [-0.39, 0.29) is 47.3 Å². The number of carbonyl (C=O) groups is 1. The van der Waals surface area contributed by atoms with Gasteiger partial charge >= 0.3 is 27.5 Å². The lowest BCUT2D eigenvalue weighted by Crippen LogP contribution is -2.62. The molecule has 4 aliphatic rings. The van der Waals surface area contributed by atoms with Crippen molar-refractivity contribution < 1.29 is 59.8 Å². The van der Waals surface area contributed by atoms with Crippen LogP contribution in [0.3, 0.4) is 0 Å². The lowest BCUT2D eigenvalue weighted by Gasteiger charge is -2.63. The molecule has 4 unspecified atom stereocenters. The van der Waals surface area contributed by atoms with Crippen LogP contribution in [0.4, 0.5) is 22.0 Å². The molecule has 0 amide bonds. The van der Waals surface area contributed by atoms with E-state index in [0.29, 0.717) is 38.5 Å². The number of hydrogen-bond donors (Lipinski definition) is 4. The number of fused-ring (bicyclic) bond motifs is 5. The number of aliphatic hydroxyl groups excluding tert-OH is 3. The van der Waals surface area contributed by atoms with Gasteiger partial charge < -0.3 is 20.1 Å². The number of hydrogen-bond acceptors (Lipinski definition) is 7. The highest BCUT2D eigenvalue weighted by molar-refractivity contribution is 7.86. The Morgan fingerprint density at radius 1 is 1.00 bits per heavy atom. The summed E-state index contributed by atoms with van der Waals surface area (Å²) in [5, 5.41) is 27.4. The zero-order valence-corrected chi connectivity index (χ0v) is 24.2. The molecule has 0 saturated heterocycles. The van der Waals surface area contributed by atoms with Crippen molar-refractivity contribution in [2.75, 3.05) is 0 Å². The van der Waals surface area contributed by atoms with E-state index in [4.69, 9.17) is 4.55 Å². The van der Waals surface area contributed by atoms with Gasteiger partial charge in [0.1, 0.15) is 0 Å². The minimum absolute atomic E-state index is 0.0432. The Morgan fingerprint density at radius 2 is 1.63 bits per heavy atom. The van der Waals surface area contributed by atoms with Crippen molar-refractivity contribution in [3.05, 3.63) is 0 Å². The van der Waals surface area contributed by atoms with Gasteiger partial charge in [-0.1, -0.05) is 20.8 Å². The van der Waals surface area contributed by atoms with Gasteiger partial charge in [0.05, 0.1) is 18.3 Å². The second-order valence-corrected chi connectivity index (χ2v) is 15.0. The molecule has 0 radical (unpaired) electrons. The van der Waals surface area contributed by atoms with Crippen molar-refractivity contribution in [3.8, 4) is 0 Å². The van der Waals surface area contributed by atoms with E-state index in [1.165, 1.54) is 0 Å². The Balaban J connectivity index is 1.46. The van der Waals surface area contributed by atoms with Crippen LogP contribution in [0.2, 0.25) is 0 Å². The van der Waals surface area contributed by atoms with Gasteiger partial charge in [0.25, 0.3) is 6.10 Å². The molecule has 0 aromatic rings. The van der Waals surface area contributed by atoms with Crippen molar-refractivity contribution in [2.24, 2.45) is 46.3 Å². The standard InChI is InChI=1S/C27H41F5O8S/c1-13(4-7-21(36)40-23(26(28,29)30)27(31,32)41(37,38)39)16-5-6-17-22-18(12-20(35)25(16,17)3)24(2)9-8-15(33)10-14(24)11-19(22)34/h13-20,22-23,33-35H,4-12H2,1-3H3,(H,37,38,39)/t13-,14+,15?,16-,17+,18+,19?,20?,22+,23?,24+,25-/m1/s1. The second kappa shape index (κ2) is 10.8. The quantitative estimate of drug-likeness (QED) is 0.187. The van der Waals surface area contributed by atoms with Crippen molar-refractivity contribution in [1.82, 2.24) is 0 Å². The lowest BCUT2D eigenvalue weighted by molar-refractivity contribution is -0.259. The van der Waals surface area contributed by atoms with Crippen molar-refractivity contribution in [1.29, 1.82) is 0 Å². The third-order valence-electron chi connectivity index (χ3n) is 11.5. The molecule has 238 valence electrons. The molecule has 8 nitrogen and oxygen atoms in total. The summed E-state index contributed by atoms with van der Waals surface area (Å²) in [6.45, 7) is 5.90. The third-order valence-corrected chi connectivity index (χ3v) is 12.4. The molecule has 0 aromatic carbocycles. The van der Waals surface area contributed by atoms with E-state index in [0.717, 1.165) is 6.42 Å². The predicted molar refractivity (Wildman–Crippen MR) is 135 cm³/mol. The van der Waals surface area contributed by atoms with Crippen LogP contribution in [0.5, 0.6) is 0 Å². The van der Waals surface area contributed by atoms with Crippen LogP contribution in [-0.2, 0) is 19.6 Å². The average Bonchev–Trinajstić information content (AvgIpc) is 3.19. The first kappa shape index (κ1) is 32.8. The third kappa shape index (κ3) is 5.53. The van der Waals surface area contributed by atoms with Gasteiger partial charge in [0.2, 0.25) is 0 Å². The summed E-state index contributed by atoms with van der Waals surface area (Å²) in [5.74, 6) is -2.12. The maximum Gasteiger partial charge on any atom is 0.432 e. The van der Waals surface area contributed by atoms with Crippen molar-refractivity contribution in [2.45, 2.75) is 114 Å². The summed E-state index contributed by atoms with van der Waals surface area (Å²) in [6.07, 6.45) is -8.37. The molecule has 0 aliphatic heterocycles. The van der Waals surface area contributed by atoms with Gasteiger partial charge in [0, 0.05) is 6.42 Å². The van der Waals surface area contributed by atoms with E-state index in [1.54, 1.807) is 6.92 Å². The van der Waals surface area contributed by atoms with Crippen LogP contribution in [0.1, 0.15) is 78.6 Å². The van der Waals surface area contributed by atoms with Crippen LogP contribution in [0.25, 0.3) is 0 Å². The fraction of sp³-hybridized carbons (Fsp3) is 0.963. The maximum absolute atomic E-state index is 13.8. The fourth-order valence-corrected chi connectivity index (χ4v) is 9.78. The van der Waals surface area contributed by atoms with Crippen LogP contribution in [0.15, 0.2) is 0 Å². The number of halogens is 5. The molecule has 41 heavy (non-hydrogen) atoms. The number of ether oxygens (including phenoxy) is 1. The zero-order chi connectivity index (χ0) is 30.9. The largest absolute Gasteiger partial charge is 0.445 e. The molecule has 12 atom stereocenters. The number of rotatable bonds is 7. The van der Waals surface area contributed by atoms with Gasteiger partial charge in [0.15, 0.2) is 0 Å². The van der Waals surface area contributed by atoms with E-state index in [1.807, 2.05) is 6.92 Å². The molecule has 0 aromatic heterocycles. The van der Waals surface area contributed by atoms with Gasteiger partial charge in [-0.3, -0.25) is 9.35 Å². The van der Waals surface area contributed by atoms with E-state index in [2.05, 4.69) is 11.7 Å². The van der Waals surface area contributed by atoms with Gasteiger partial charge in [-0.25, -0.2) is 0 Å². The summed E-state index contributed by atoms with van der Waals surface area (Å²) in [6, 6.07) is 0. The van der Waals surface area contributed by atoms with E-state index >= 15 is 0 Å². The Morgan fingerprint density at radius 3 is 2.22 bits per heavy atom. The van der Waals surface area contributed by atoms with Crippen LogP contribution in [0, 0.1) is 46.3 Å². The molecule has 4 saturated carbocycles. The minimum atomic E-state index is -6.52. The first-order valence-corrected chi connectivity index (χ1v) is 15.7. The average molecular weight is 621 g/mol. The monoisotopic (exact) mass is 620 g/mol. The predicted octanol–water partition coefficient (Wildman–Crippen LogP) is 4.32. The number of esters is 1. The summed E-state index contributed by atoms with van der Waals surface area (Å²) in [5.41, 5.74) is -0.784. The molecule has 14 heteroatoms. The maximum atomic E-state index is 13.8. The van der Waals surface area contributed by atoms with E-state index < -0.39 is 63.8 Å². The van der Waals surface area contributed by atoms with Crippen LogP contribution in [-0.4, -0.2) is 70.1 Å². The molecular weight excluding hydrogens is 579 g/mol. The first-order valence-electron chi connectivity index (χ1n) is 14.3. The molecule has 0 heterocycles. The Hall–Kier alpha value is -1.09. The topological polar surface area (TPSA) is 141 Å². The summed E-state index contributed by atoms with van der Waals surface area (Å²) in [4.78, 5) is 12.2. The van der Waals surface area contributed by atoms with Gasteiger partial charge in [-0.05, 0) is 97.7 Å². The van der Waals surface area contributed by atoms with Gasteiger partial charge in [-0.2, -0.15) is 30.4 Å². The van der Waals surface area contributed by atoms with E-state index in [9.17, 15) is 50.5 Å². The summed E-state index contributed by atoms with van der Waals surface area (Å²) < 4.78 is 101. The number of aliphatic hydroxyl groups is 3. The highest BCUT2D eigenvalue weighted by Crippen LogP contribution is 2.68. The lowest BCUT2D eigenvalue weighted by atomic mass is 9.43. The van der Waals surface area contributed by atoms with Crippen LogP contribution < -0.4 is 0 Å². The molecule has 4 aliphatic carbocycles. The number of alkyl halides is 5. The molecule has 4 N–H and O–H groups in total. The Kier molecular flexibility index (Phi) is 8.66. The zero-order valence-electron chi connectivity index (χ0n) is 23.4. The molecule has 0 spiro atoms. The molecular formula is C27H41F5O8S. The van der Waals surface area contributed by atoms with Crippen molar-refractivity contribution in [3.63, 3.8) is 0 Å². The first-order chi connectivity index (χ1) is 18.7. The molecule has 4 fully saturated rings. The smallest absolute Gasteiger partial charge is 0.432 e. The highest BCUT2D eigenvalue weighted by atomic mass is 32.2. The summed E-state index contributed by atoms with van der Waals surface area (Å²) in [7, 11) is -6.52. The SMILES string of the molecule is C[C@H](CCC(=O)OC(C(F)(F)F)C(F)(F)S(=O)(=O)O)[C@H]1CC[C@H]2[C@@H]3C(O)C[C@@H]4CC(O)CC[C@]4(C)[C@H]3CC(O)[C@]12C. The Labute approximate surface area is 236 Å². The number of carbonyl (C=O) groups excluding carboxylic acids is 1.